The smallest absolute Gasteiger partial charge is 0.312 e. The van der Waals surface area contributed by atoms with Crippen LogP contribution in [0.3, 0.4) is 0 Å². The lowest BCUT2D eigenvalue weighted by atomic mass is 9.82. The zero-order valence-corrected chi connectivity index (χ0v) is 22.7. The Hall–Kier alpha value is -4.27. The van der Waals surface area contributed by atoms with Crippen LogP contribution in [0.4, 0.5) is 0 Å². The molecule has 0 amide bonds. The summed E-state index contributed by atoms with van der Waals surface area (Å²) in [4.78, 5) is 12.6. The van der Waals surface area contributed by atoms with Crippen molar-refractivity contribution in [3.63, 3.8) is 0 Å². The lowest BCUT2D eigenvalue weighted by Gasteiger charge is -2.43. The zero-order chi connectivity index (χ0) is 30.7. The van der Waals surface area contributed by atoms with Gasteiger partial charge in [-0.05, 0) is 42.3 Å². The van der Waals surface area contributed by atoms with Gasteiger partial charge in [0.25, 0.3) is 0 Å². The number of ether oxygens (including phenoxy) is 4. The van der Waals surface area contributed by atoms with Crippen LogP contribution in [0, 0.1) is 0 Å². The first kappa shape index (κ1) is 28.8. The lowest BCUT2D eigenvalue weighted by molar-refractivity contribution is -0.310. The van der Waals surface area contributed by atoms with Crippen LogP contribution in [-0.2, 0) is 20.7 Å². The summed E-state index contributed by atoms with van der Waals surface area (Å²) in [5.41, 5.74) is 1.42. The molecule has 13 nitrogen and oxygen atoms in total. The molecule has 3 aliphatic rings. The third-order valence-corrected chi connectivity index (χ3v) is 8.14. The van der Waals surface area contributed by atoms with E-state index in [1.54, 1.807) is 0 Å². The van der Waals surface area contributed by atoms with Gasteiger partial charge in [0.1, 0.15) is 41.7 Å². The van der Waals surface area contributed by atoms with Crippen LogP contribution in [0.2, 0.25) is 0 Å². The van der Waals surface area contributed by atoms with Gasteiger partial charge in [-0.15, -0.1) is 0 Å². The molecule has 8 atom stereocenters. The molecule has 0 aromatic heterocycles. The molecule has 1 fully saturated rings. The summed E-state index contributed by atoms with van der Waals surface area (Å²) in [6.07, 6.45) is -9.16. The van der Waals surface area contributed by atoms with Crippen LogP contribution in [0.5, 0.6) is 40.2 Å². The number of phenols is 5. The zero-order valence-electron chi connectivity index (χ0n) is 22.7. The molecule has 1 saturated heterocycles. The number of rotatable bonds is 4. The summed E-state index contributed by atoms with van der Waals surface area (Å²) < 4.78 is 23.7. The van der Waals surface area contributed by atoms with E-state index in [0.29, 0.717) is 16.7 Å². The van der Waals surface area contributed by atoms with Gasteiger partial charge in [-0.25, -0.2) is 0 Å². The minimum Gasteiger partial charge on any atom is -0.507 e. The lowest BCUT2D eigenvalue weighted by Crippen LogP contribution is -2.58. The second-order valence-electron chi connectivity index (χ2n) is 10.9. The monoisotopic (exact) mass is 598 g/mol. The Morgan fingerprint density at radius 2 is 1.42 bits per heavy atom. The highest BCUT2D eigenvalue weighted by Crippen LogP contribution is 2.53. The SMILES string of the molecule is CC1OC(OC2Cc3c(O)cc4c(c3OC2c2ccc(O)c(O)c2)C(c2ccc(O)c(O)c2)CC(=O)O4)C(O)C(O)C1O. The average molecular weight is 599 g/mol. The highest BCUT2D eigenvalue weighted by atomic mass is 16.7. The molecule has 3 aromatic rings. The van der Waals surface area contributed by atoms with E-state index in [4.69, 9.17) is 18.9 Å². The minimum absolute atomic E-state index is 0.0220. The van der Waals surface area contributed by atoms with Gasteiger partial charge in [0, 0.05) is 29.5 Å². The first-order valence-corrected chi connectivity index (χ1v) is 13.6. The van der Waals surface area contributed by atoms with Gasteiger partial charge in [0.05, 0.1) is 12.5 Å². The third kappa shape index (κ3) is 5.04. The molecule has 6 rings (SSSR count). The quantitative estimate of drug-likeness (QED) is 0.122. The van der Waals surface area contributed by atoms with Gasteiger partial charge in [-0.3, -0.25) is 4.79 Å². The Balaban J connectivity index is 1.46. The van der Waals surface area contributed by atoms with E-state index in [-0.39, 0.29) is 47.2 Å². The van der Waals surface area contributed by atoms with E-state index >= 15 is 0 Å². The summed E-state index contributed by atoms with van der Waals surface area (Å²) in [7, 11) is 0. The van der Waals surface area contributed by atoms with Gasteiger partial charge in [0.15, 0.2) is 35.4 Å². The predicted molar refractivity (Wildman–Crippen MR) is 144 cm³/mol. The summed E-state index contributed by atoms with van der Waals surface area (Å²) in [6.45, 7) is 1.50. The average Bonchev–Trinajstić information content (AvgIpc) is 2.97. The van der Waals surface area contributed by atoms with Gasteiger partial charge in [0.2, 0.25) is 0 Å². The summed E-state index contributed by atoms with van der Waals surface area (Å²) in [6, 6.07) is 9.38. The van der Waals surface area contributed by atoms with Crippen molar-refractivity contribution >= 4 is 5.97 Å². The molecule has 0 saturated carbocycles. The maximum absolute atomic E-state index is 12.6. The van der Waals surface area contributed by atoms with Crippen molar-refractivity contribution in [1.82, 2.24) is 0 Å². The van der Waals surface area contributed by atoms with Crippen molar-refractivity contribution in [3.8, 4) is 40.2 Å². The third-order valence-electron chi connectivity index (χ3n) is 8.14. The molecule has 0 bridgehead atoms. The van der Waals surface area contributed by atoms with E-state index in [0.717, 1.165) is 0 Å². The second kappa shape index (κ2) is 10.8. The first-order valence-electron chi connectivity index (χ1n) is 13.6. The van der Waals surface area contributed by atoms with Crippen molar-refractivity contribution in [2.45, 2.75) is 68.6 Å². The van der Waals surface area contributed by atoms with Crippen LogP contribution < -0.4 is 9.47 Å². The van der Waals surface area contributed by atoms with Gasteiger partial charge in [-0.1, -0.05) is 12.1 Å². The second-order valence-corrected chi connectivity index (χ2v) is 10.9. The molecule has 43 heavy (non-hydrogen) atoms. The fourth-order valence-corrected chi connectivity index (χ4v) is 5.83. The largest absolute Gasteiger partial charge is 0.507 e. The fourth-order valence-electron chi connectivity index (χ4n) is 5.83. The van der Waals surface area contributed by atoms with E-state index in [1.165, 1.54) is 49.4 Å². The van der Waals surface area contributed by atoms with Crippen molar-refractivity contribution in [1.29, 1.82) is 0 Å². The molecule has 228 valence electrons. The number of hydrogen-bond donors (Lipinski definition) is 8. The van der Waals surface area contributed by atoms with Crippen molar-refractivity contribution in [3.05, 3.63) is 64.7 Å². The molecular weight excluding hydrogens is 568 g/mol. The number of aliphatic hydroxyl groups excluding tert-OH is 3. The van der Waals surface area contributed by atoms with Crippen molar-refractivity contribution in [2.24, 2.45) is 0 Å². The molecule has 8 N–H and O–H groups in total. The van der Waals surface area contributed by atoms with Gasteiger partial charge < -0.3 is 59.8 Å². The Bertz CT molecular complexity index is 1570. The Morgan fingerprint density at radius 1 is 0.767 bits per heavy atom. The molecule has 8 unspecified atom stereocenters. The number of esters is 1. The van der Waals surface area contributed by atoms with Crippen molar-refractivity contribution in [2.75, 3.05) is 0 Å². The molecule has 3 heterocycles. The number of carbonyl (C=O) groups excluding carboxylic acids is 1. The highest BCUT2D eigenvalue weighted by Gasteiger charge is 2.47. The first-order chi connectivity index (χ1) is 20.4. The molecule has 3 aromatic carbocycles. The molecular formula is C30H30O13. The highest BCUT2D eigenvalue weighted by molar-refractivity contribution is 5.80. The Morgan fingerprint density at radius 3 is 2.09 bits per heavy atom. The van der Waals surface area contributed by atoms with Gasteiger partial charge in [-0.2, -0.15) is 0 Å². The number of fused-ring (bicyclic) bond motifs is 3. The summed E-state index contributed by atoms with van der Waals surface area (Å²) >= 11 is 0. The topological polar surface area (TPSA) is 216 Å². The predicted octanol–water partition coefficient (Wildman–Crippen LogP) is 1.54. The number of aromatic hydroxyl groups is 5. The van der Waals surface area contributed by atoms with E-state index in [1.807, 2.05) is 0 Å². The van der Waals surface area contributed by atoms with Crippen LogP contribution in [0.1, 0.15) is 47.6 Å². The molecule has 0 aliphatic carbocycles. The van der Waals surface area contributed by atoms with Crippen LogP contribution in [0.15, 0.2) is 42.5 Å². The minimum atomic E-state index is -1.63. The number of hydrogen-bond acceptors (Lipinski definition) is 13. The fraction of sp³-hybridized carbons (Fsp3) is 0.367. The maximum Gasteiger partial charge on any atom is 0.312 e. The number of phenolic OH excluding ortho intramolecular Hbond substituents is 5. The Kier molecular flexibility index (Phi) is 7.22. The maximum atomic E-state index is 12.6. The van der Waals surface area contributed by atoms with Crippen LogP contribution in [0.25, 0.3) is 0 Å². The van der Waals surface area contributed by atoms with Gasteiger partial charge >= 0.3 is 5.97 Å². The van der Waals surface area contributed by atoms with E-state index in [9.17, 15) is 45.6 Å². The van der Waals surface area contributed by atoms with Crippen LogP contribution in [-0.4, -0.2) is 83.6 Å². The number of benzene rings is 3. The standard InChI is InChI=1S/C30H30O13/c1-11-25(37)26(38)27(39)30(40-11)42-22-8-15-18(33)10-21-24(29(15)43-28(22)13-3-5-17(32)20(35)7-13)14(9-23(36)41-21)12-2-4-16(31)19(34)6-12/h2-7,10-11,14,22,25-28,30-35,37-39H,8-9H2,1H3. The number of aliphatic hydroxyl groups is 3. The van der Waals surface area contributed by atoms with E-state index in [2.05, 4.69) is 0 Å². The molecule has 3 aliphatic heterocycles. The molecule has 0 radical (unpaired) electrons. The Labute approximate surface area is 244 Å². The van der Waals surface area contributed by atoms with Crippen molar-refractivity contribution < 1.29 is 64.6 Å². The summed E-state index contributed by atoms with van der Waals surface area (Å²) in [5.74, 6) is -3.02. The van der Waals surface area contributed by atoms with E-state index < -0.39 is 66.3 Å². The normalized spacial score (nSPS) is 30.1. The summed E-state index contributed by atoms with van der Waals surface area (Å²) in [5, 5.41) is 82.3. The molecule has 0 spiro atoms. The number of carbonyl (C=O) groups is 1. The molecule has 13 heteroatoms. The van der Waals surface area contributed by atoms with Crippen LogP contribution >= 0.6 is 0 Å².